The molecule has 1 aromatic rings. The third-order valence-electron chi connectivity index (χ3n) is 3.79. The van der Waals surface area contributed by atoms with Crippen LogP contribution in [0.1, 0.15) is 44.5 Å². The number of aliphatic hydroxyl groups is 1. The second-order valence-electron chi connectivity index (χ2n) is 5.44. The third-order valence-corrected chi connectivity index (χ3v) is 3.79. The van der Waals surface area contributed by atoms with Crippen LogP contribution in [-0.2, 0) is 6.42 Å². The van der Waals surface area contributed by atoms with Crippen molar-refractivity contribution >= 4 is 11.6 Å². The molecule has 1 saturated heterocycles. The predicted octanol–water partition coefficient (Wildman–Crippen LogP) is 2.13. The summed E-state index contributed by atoms with van der Waals surface area (Å²) in [7, 11) is 0. The Kier molecular flexibility index (Phi) is 5.17. The van der Waals surface area contributed by atoms with Gasteiger partial charge in [-0.05, 0) is 26.2 Å². The lowest BCUT2D eigenvalue weighted by Gasteiger charge is -2.32. The maximum absolute atomic E-state index is 9.64. The van der Waals surface area contributed by atoms with Crippen molar-refractivity contribution in [3.8, 4) is 0 Å². The monoisotopic (exact) mass is 278 g/mol. The van der Waals surface area contributed by atoms with E-state index in [0.717, 1.165) is 68.3 Å². The van der Waals surface area contributed by atoms with Crippen LogP contribution in [0.3, 0.4) is 0 Å². The van der Waals surface area contributed by atoms with Crippen molar-refractivity contribution in [2.75, 3.05) is 29.9 Å². The molecule has 2 N–H and O–H groups in total. The quantitative estimate of drug-likeness (QED) is 0.864. The van der Waals surface area contributed by atoms with Crippen LogP contribution in [0.2, 0.25) is 0 Å². The zero-order chi connectivity index (χ0) is 14.5. The Morgan fingerprint density at radius 1 is 1.25 bits per heavy atom. The van der Waals surface area contributed by atoms with Gasteiger partial charge in [0.1, 0.15) is 17.5 Å². The van der Waals surface area contributed by atoms with Crippen molar-refractivity contribution in [2.45, 2.75) is 52.6 Å². The van der Waals surface area contributed by atoms with E-state index in [9.17, 15) is 5.11 Å². The highest BCUT2D eigenvalue weighted by Crippen LogP contribution is 2.26. The number of aryl methyl sites for hydroxylation is 1. The van der Waals surface area contributed by atoms with Crippen molar-refractivity contribution in [1.82, 2.24) is 9.97 Å². The molecule has 0 spiro atoms. The van der Waals surface area contributed by atoms with Gasteiger partial charge in [-0.3, -0.25) is 0 Å². The Morgan fingerprint density at radius 3 is 2.55 bits per heavy atom. The van der Waals surface area contributed by atoms with E-state index in [0.29, 0.717) is 0 Å². The van der Waals surface area contributed by atoms with E-state index >= 15 is 0 Å². The molecule has 0 radical (unpaired) electrons. The van der Waals surface area contributed by atoms with Crippen LogP contribution < -0.4 is 10.2 Å². The Morgan fingerprint density at radius 2 is 1.95 bits per heavy atom. The van der Waals surface area contributed by atoms with E-state index in [1.54, 1.807) is 0 Å². The molecular formula is C15H26N4O. The third kappa shape index (κ3) is 3.39. The van der Waals surface area contributed by atoms with Crippen LogP contribution in [0.5, 0.6) is 0 Å². The lowest BCUT2D eigenvalue weighted by molar-refractivity contribution is 0.145. The molecule has 0 saturated carbocycles. The normalized spacial score (nSPS) is 16.5. The molecule has 112 valence electrons. The average molecular weight is 278 g/mol. The first-order valence-electron chi connectivity index (χ1n) is 7.70. The molecule has 1 fully saturated rings. The number of piperidine rings is 1. The van der Waals surface area contributed by atoms with Crippen molar-refractivity contribution in [3.05, 3.63) is 11.4 Å². The SMILES string of the molecule is CCCNc1nc(CC)nc(N2CCC(O)CC2)c1C. The zero-order valence-corrected chi connectivity index (χ0v) is 12.8. The minimum absolute atomic E-state index is 0.156. The van der Waals surface area contributed by atoms with Gasteiger partial charge in [0, 0.05) is 31.6 Å². The summed E-state index contributed by atoms with van der Waals surface area (Å²) in [6.45, 7) is 8.98. The van der Waals surface area contributed by atoms with E-state index in [1.165, 1.54) is 0 Å². The first-order chi connectivity index (χ1) is 9.65. The van der Waals surface area contributed by atoms with Crippen LogP contribution in [-0.4, -0.2) is 40.8 Å². The summed E-state index contributed by atoms with van der Waals surface area (Å²) in [6, 6.07) is 0. The Labute approximate surface area is 121 Å². The van der Waals surface area contributed by atoms with E-state index in [-0.39, 0.29) is 6.10 Å². The van der Waals surface area contributed by atoms with Gasteiger partial charge in [0.15, 0.2) is 0 Å². The van der Waals surface area contributed by atoms with Gasteiger partial charge in [0.2, 0.25) is 0 Å². The minimum Gasteiger partial charge on any atom is -0.393 e. The summed E-state index contributed by atoms with van der Waals surface area (Å²) in [5.41, 5.74) is 1.12. The van der Waals surface area contributed by atoms with Gasteiger partial charge >= 0.3 is 0 Å². The van der Waals surface area contributed by atoms with Crippen molar-refractivity contribution in [2.24, 2.45) is 0 Å². The van der Waals surface area contributed by atoms with Crippen LogP contribution in [0.4, 0.5) is 11.6 Å². The van der Waals surface area contributed by atoms with Gasteiger partial charge in [0.25, 0.3) is 0 Å². The van der Waals surface area contributed by atoms with Crippen molar-refractivity contribution < 1.29 is 5.11 Å². The number of hydrogen-bond acceptors (Lipinski definition) is 5. The van der Waals surface area contributed by atoms with Gasteiger partial charge in [-0.15, -0.1) is 0 Å². The van der Waals surface area contributed by atoms with Crippen LogP contribution >= 0.6 is 0 Å². The molecule has 2 heterocycles. The number of aromatic nitrogens is 2. The molecule has 20 heavy (non-hydrogen) atoms. The lowest BCUT2D eigenvalue weighted by Crippen LogP contribution is -2.37. The molecule has 0 atom stereocenters. The van der Waals surface area contributed by atoms with Gasteiger partial charge < -0.3 is 15.3 Å². The van der Waals surface area contributed by atoms with E-state index in [1.807, 2.05) is 0 Å². The largest absolute Gasteiger partial charge is 0.393 e. The van der Waals surface area contributed by atoms with Crippen molar-refractivity contribution in [3.63, 3.8) is 0 Å². The van der Waals surface area contributed by atoms with Crippen LogP contribution in [0.25, 0.3) is 0 Å². The molecule has 5 nitrogen and oxygen atoms in total. The standard InChI is InChI=1S/C15H26N4O/c1-4-8-16-14-11(3)15(18-13(5-2)17-14)19-9-6-12(20)7-10-19/h12,20H,4-10H2,1-3H3,(H,16,17,18). The number of anilines is 2. The van der Waals surface area contributed by atoms with Crippen LogP contribution in [0.15, 0.2) is 0 Å². The molecule has 1 aliphatic rings. The van der Waals surface area contributed by atoms with E-state index in [2.05, 4.69) is 36.0 Å². The van der Waals surface area contributed by atoms with Gasteiger partial charge in [-0.1, -0.05) is 13.8 Å². The molecule has 0 amide bonds. The molecule has 1 aromatic heterocycles. The molecular weight excluding hydrogens is 252 g/mol. The summed E-state index contributed by atoms with van der Waals surface area (Å²) >= 11 is 0. The number of nitrogens with one attached hydrogen (secondary N) is 1. The topological polar surface area (TPSA) is 61.3 Å². The van der Waals surface area contributed by atoms with Crippen molar-refractivity contribution in [1.29, 1.82) is 0 Å². The number of aliphatic hydroxyl groups excluding tert-OH is 1. The minimum atomic E-state index is -0.156. The highest BCUT2D eigenvalue weighted by Gasteiger charge is 2.21. The fraction of sp³-hybridized carbons (Fsp3) is 0.733. The maximum Gasteiger partial charge on any atom is 0.137 e. The fourth-order valence-corrected chi connectivity index (χ4v) is 2.51. The van der Waals surface area contributed by atoms with Gasteiger partial charge in [0.05, 0.1) is 6.10 Å². The van der Waals surface area contributed by atoms with Gasteiger partial charge in [-0.2, -0.15) is 0 Å². The first-order valence-corrected chi connectivity index (χ1v) is 7.70. The second kappa shape index (κ2) is 6.88. The Hall–Kier alpha value is -1.36. The van der Waals surface area contributed by atoms with E-state index < -0.39 is 0 Å². The Bertz CT molecular complexity index is 442. The number of rotatable bonds is 5. The second-order valence-corrected chi connectivity index (χ2v) is 5.44. The summed E-state index contributed by atoms with van der Waals surface area (Å²) in [5, 5.41) is 13.0. The smallest absolute Gasteiger partial charge is 0.137 e. The molecule has 0 aliphatic carbocycles. The summed E-state index contributed by atoms with van der Waals surface area (Å²) in [5.74, 6) is 2.87. The predicted molar refractivity (Wildman–Crippen MR) is 82.4 cm³/mol. The molecule has 5 heteroatoms. The highest BCUT2D eigenvalue weighted by molar-refractivity contribution is 5.58. The fourth-order valence-electron chi connectivity index (χ4n) is 2.51. The Balaban J connectivity index is 2.26. The molecule has 0 unspecified atom stereocenters. The molecule has 0 bridgehead atoms. The maximum atomic E-state index is 9.64. The number of nitrogens with zero attached hydrogens (tertiary/aromatic N) is 3. The summed E-state index contributed by atoms with van der Waals surface area (Å²) in [4.78, 5) is 11.6. The van der Waals surface area contributed by atoms with E-state index in [4.69, 9.17) is 4.98 Å². The molecule has 1 aliphatic heterocycles. The summed E-state index contributed by atoms with van der Waals surface area (Å²) < 4.78 is 0. The molecule has 2 rings (SSSR count). The average Bonchev–Trinajstić information content (AvgIpc) is 2.47. The van der Waals surface area contributed by atoms with Crippen LogP contribution in [0, 0.1) is 6.92 Å². The summed E-state index contributed by atoms with van der Waals surface area (Å²) in [6.07, 6.45) is 3.41. The highest BCUT2D eigenvalue weighted by atomic mass is 16.3. The first kappa shape index (κ1) is 15.0. The molecule has 0 aromatic carbocycles. The number of hydrogen-bond donors (Lipinski definition) is 2. The lowest BCUT2D eigenvalue weighted by atomic mass is 10.1. The van der Waals surface area contributed by atoms with Gasteiger partial charge in [-0.25, -0.2) is 9.97 Å². The zero-order valence-electron chi connectivity index (χ0n) is 12.8.